The molecule has 2 aliphatic rings. The second-order valence-electron chi connectivity index (χ2n) is 4.90. The Balaban J connectivity index is 1.92. The largest absolute Gasteiger partial charge is 0.371 e. The number of hydrogen-bond donors (Lipinski definition) is 0. The van der Waals surface area contributed by atoms with Crippen molar-refractivity contribution in [1.29, 1.82) is 0 Å². The van der Waals surface area contributed by atoms with Gasteiger partial charge in [0.2, 0.25) is 0 Å². The number of hydrogen-bond acceptors (Lipinski definition) is 2. The van der Waals surface area contributed by atoms with Gasteiger partial charge in [-0.15, -0.1) is 0 Å². The van der Waals surface area contributed by atoms with Crippen LogP contribution in [0.3, 0.4) is 0 Å². The number of morpholine rings is 1. The van der Waals surface area contributed by atoms with Crippen LogP contribution in [0, 0.1) is 11.6 Å². The molecule has 2 aliphatic heterocycles. The van der Waals surface area contributed by atoms with E-state index in [9.17, 15) is 8.78 Å². The number of halogens is 3. The minimum Gasteiger partial charge on any atom is -0.371 e. The highest BCUT2D eigenvalue weighted by atomic mass is 79.9. The summed E-state index contributed by atoms with van der Waals surface area (Å²) in [5, 5.41) is 0.454. The van der Waals surface area contributed by atoms with Crippen LogP contribution in [0.15, 0.2) is 12.1 Å². The summed E-state index contributed by atoms with van der Waals surface area (Å²) < 4.78 is 33.7. The highest BCUT2D eigenvalue weighted by Crippen LogP contribution is 2.33. The lowest BCUT2D eigenvalue weighted by atomic mass is 10.1. The molecule has 2 unspecified atom stereocenters. The molecule has 0 amide bonds. The van der Waals surface area contributed by atoms with Gasteiger partial charge in [-0.1, -0.05) is 15.9 Å². The predicted molar refractivity (Wildman–Crippen MR) is 69.1 cm³/mol. The maximum atomic E-state index is 14.0. The molecule has 2 fully saturated rings. The Morgan fingerprint density at radius 1 is 1.17 bits per heavy atom. The Kier molecular flexibility index (Phi) is 3.28. The van der Waals surface area contributed by atoms with Gasteiger partial charge in [0.15, 0.2) is 0 Å². The third-order valence-corrected chi connectivity index (χ3v) is 4.24. The molecule has 1 aromatic rings. The highest BCUT2D eigenvalue weighted by Gasteiger charge is 2.35. The molecule has 1 aromatic carbocycles. The van der Waals surface area contributed by atoms with Gasteiger partial charge < -0.3 is 9.64 Å². The average molecular weight is 318 g/mol. The fourth-order valence-electron chi connectivity index (χ4n) is 2.79. The summed E-state index contributed by atoms with van der Waals surface area (Å²) in [6.07, 6.45) is 2.23. The molecule has 0 N–H and O–H groups in total. The van der Waals surface area contributed by atoms with Crippen molar-refractivity contribution in [3.05, 3.63) is 29.3 Å². The number of ether oxygens (including phenoxy) is 1. The average Bonchev–Trinajstić information content (AvgIpc) is 2.67. The van der Waals surface area contributed by atoms with E-state index in [4.69, 9.17) is 4.74 Å². The zero-order valence-corrected chi connectivity index (χ0v) is 11.4. The molecule has 0 spiro atoms. The van der Waals surface area contributed by atoms with Gasteiger partial charge in [-0.05, 0) is 30.5 Å². The highest BCUT2D eigenvalue weighted by molar-refractivity contribution is 9.08. The second-order valence-corrected chi connectivity index (χ2v) is 5.46. The number of fused-ring (bicyclic) bond motifs is 2. The van der Waals surface area contributed by atoms with Gasteiger partial charge >= 0.3 is 0 Å². The standard InChI is InChI=1S/C13H14BrF2NO/c14-5-8-3-11(15)13(12(16)4-8)17-6-9-1-2-10(7-17)18-9/h3-4,9-10H,1-2,5-7H2. The first-order valence-electron chi connectivity index (χ1n) is 6.11. The van der Waals surface area contributed by atoms with E-state index < -0.39 is 11.6 Å². The Morgan fingerprint density at radius 2 is 1.72 bits per heavy atom. The van der Waals surface area contributed by atoms with Crippen LogP contribution < -0.4 is 4.90 Å². The van der Waals surface area contributed by atoms with E-state index in [1.807, 2.05) is 0 Å². The van der Waals surface area contributed by atoms with Crippen LogP contribution in [-0.2, 0) is 10.1 Å². The zero-order valence-electron chi connectivity index (χ0n) is 9.83. The molecule has 0 aromatic heterocycles. The van der Waals surface area contributed by atoms with Crippen LogP contribution in [-0.4, -0.2) is 25.3 Å². The Bertz CT molecular complexity index is 433. The van der Waals surface area contributed by atoms with Crippen LogP contribution in [0.5, 0.6) is 0 Å². The maximum Gasteiger partial charge on any atom is 0.149 e. The molecule has 0 radical (unpaired) electrons. The summed E-state index contributed by atoms with van der Waals surface area (Å²) in [5.41, 5.74) is 0.713. The smallest absolute Gasteiger partial charge is 0.149 e. The number of rotatable bonds is 2. The minimum atomic E-state index is -0.481. The first-order chi connectivity index (χ1) is 8.67. The van der Waals surface area contributed by atoms with E-state index in [-0.39, 0.29) is 17.9 Å². The summed E-state index contributed by atoms with van der Waals surface area (Å²) in [6.45, 7) is 1.16. The molecule has 2 bridgehead atoms. The first kappa shape index (κ1) is 12.4. The Morgan fingerprint density at radius 3 is 2.22 bits per heavy atom. The summed E-state index contributed by atoms with van der Waals surface area (Å²) in [4.78, 5) is 1.79. The third kappa shape index (κ3) is 2.14. The summed E-state index contributed by atoms with van der Waals surface area (Å²) in [6, 6.07) is 2.79. The van der Waals surface area contributed by atoms with Gasteiger partial charge in [-0.3, -0.25) is 0 Å². The maximum absolute atomic E-state index is 14.0. The summed E-state index contributed by atoms with van der Waals surface area (Å²) in [5.74, 6) is -0.962. The molecule has 98 valence electrons. The van der Waals surface area contributed by atoms with E-state index in [2.05, 4.69) is 15.9 Å². The summed E-state index contributed by atoms with van der Waals surface area (Å²) >= 11 is 3.21. The lowest BCUT2D eigenvalue weighted by Gasteiger charge is -2.34. The SMILES string of the molecule is Fc1cc(CBr)cc(F)c1N1CC2CCC(C1)O2. The topological polar surface area (TPSA) is 12.5 Å². The van der Waals surface area contributed by atoms with Gasteiger partial charge in [-0.2, -0.15) is 0 Å². The van der Waals surface area contributed by atoms with E-state index in [1.165, 1.54) is 12.1 Å². The van der Waals surface area contributed by atoms with Gasteiger partial charge in [-0.25, -0.2) is 8.78 Å². The van der Waals surface area contributed by atoms with E-state index in [0.717, 1.165) is 12.8 Å². The van der Waals surface area contributed by atoms with E-state index >= 15 is 0 Å². The van der Waals surface area contributed by atoms with Crippen LogP contribution in [0.2, 0.25) is 0 Å². The number of alkyl halides is 1. The molecule has 0 aliphatic carbocycles. The van der Waals surface area contributed by atoms with Gasteiger partial charge in [0.25, 0.3) is 0 Å². The fraction of sp³-hybridized carbons (Fsp3) is 0.538. The molecule has 2 heterocycles. The van der Waals surface area contributed by atoms with Crippen molar-refractivity contribution in [3.63, 3.8) is 0 Å². The van der Waals surface area contributed by atoms with Crippen molar-refractivity contribution < 1.29 is 13.5 Å². The van der Waals surface area contributed by atoms with Gasteiger partial charge in [0.05, 0.1) is 12.2 Å². The van der Waals surface area contributed by atoms with Crippen LogP contribution in [0.25, 0.3) is 0 Å². The lowest BCUT2D eigenvalue weighted by Crippen LogP contribution is -2.43. The van der Waals surface area contributed by atoms with Gasteiger partial charge in [0, 0.05) is 18.4 Å². The molecule has 18 heavy (non-hydrogen) atoms. The predicted octanol–water partition coefficient (Wildman–Crippen LogP) is 3.23. The number of benzene rings is 1. The summed E-state index contributed by atoms with van der Waals surface area (Å²) in [7, 11) is 0. The fourth-order valence-corrected chi connectivity index (χ4v) is 3.12. The minimum absolute atomic E-state index is 0.0971. The lowest BCUT2D eigenvalue weighted by molar-refractivity contribution is 0.0300. The van der Waals surface area contributed by atoms with Crippen molar-refractivity contribution >= 4 is 21.6 Å². The molecule has 3 rings (SSSR count). The first-order valence-corrected chi connectivity index (χ1v) is 7.24. The van der Waals surface area contributed by atoms with E-state index in [0.29, 0.717) is 24.0 Å². The Labute approximate surface area is 113 Å². The quantitative estimate of drug-likeness (QED) is 0.776. The zero-order chi connectivity index (χ0) is 12.7. The molecule has 2 atom stereocenters. The van der Waals surface area contributed by atoms with Crippen molar-refractivity contribution in [2.75, 3.05) is 18.0 Å². The number of nitrogens with zero attached hydrogens (tertiary/aromatic N) is 1. The third-order valence-electron chi connectivity index (χ3n) is 3.59. The molecule has 2 nitrogen and oxygen atoms in total. The van der Waals surface area contributed by atoms with Crippen LogP contribution >= 0.6 is 15.9 Å². The molecule has 5 heteroatoms. The van der Waals surface area contributed by atoms with Crippen molar-refractivity contribution in [1.82, 2.24) is 0 Å². The van der Waals surface area contributed by atoms with Crippen molar-refractivity contribution in [2.45, 2.75) is 30.4 Å². The normalized spacial score (nSPS) is 26.7. The van der Waals surface area contributed by atoms with Crippen molar-refractivity contribution in [2.24, 2.45) is 0 Å². The van der Waals surface area contributed by atoms with Crippen molar-refractivity contribution in [3.8, 4) is 0 Å². The molecule has 2 saturated heterocycles. The van der Waals surface area contributed by atoms with Crippen LogP contribution in [0.4, 0.5) is 14.5 Å². The molecular formula is C13H14BrF2NO. The number of anilines is 1. The van der Waals surface area contributed by atoms with Crippen LogP contribution in [0.1, 0.15) is 18.4 Å². The molecule has 0 saturated carbocycles. The van der Waals surface area contributed by atoms with E-state index in [1.54, 1.807) is 4.90 Å². The monoisotopic (exact) mass is 317 g/mol. The molecular weight excluding hydrogens is 304 g/mol. The van der Waals surface area contributed by atoms with Gasteiger partial charge in [0.1, 0.15) is 17.3 Å². The second kappa shape index (κ2) is 4.78. The Hall–Kier alpha value is -0.680.